The molecule has 3 aromatic rings. The Labute approximate surface area is 203 Å². The first-order chi connectivity index (χ1) is 16.3. The fourth-order valence-corrected chi connectivity index (χ4v) is 4.47. The maximum atomic E-state index is 13.4. The summed E-state index contributed by atoms with van der Waals surface area (Å²) in [5.74, 6) is -1.01. The summed E-state index contributed by atoms with van der Waals surface area (Å²) in [6, 6.07) is 16.5. The highest BCUT2D eigenvalue weighted by atomic mass is 35.5. The van der Waals surface area contributed by atoms with E-state index in [0.29, 0.717) is 27.8 Å². The highest BCUT2D eigenvalue weighted by molar-refractivity contribution is 6.52. The number of hydrogen-bond acceptors (Lipinski definition) is 5. The topological polar surface area (TPSA) is 76.1 Å². The van der Waals surface area contributed by atoms with Crippen LogP contribution in [0.1, 0.15) is 28.3 Å². The van der Waals surface area contributed by atoms with Gasteiger partial charge in [0.2, 0.25) is 0 Å². The number of rotatable bonds is 5. The van der Waals surface area contributed by atoms with Gasteiger partial charge in [-0.25, -0.2) is 0 Å². The second-order valence-corrected chi connectivity index (χ2v) is 8.52. The first-order valence-corrected chi connectivity index (χ1v) is 11.0. The number of methoxy groups -OCH3 is 2. The predicted molar refractivity (Wildman–Crippen MR) is 132 cm³/mol. The Morgan fingerprint density at radius 3 is 2.41 bits per heavy atom. The first-order valence-electron chi connectivity index (χ1n) is 10.6. The smallest absolute Gasteiger partial charge is 0.300 e. The van der Waals surface area contributed by atoms with Gasteiger partial charge in [-0.1, -0.05) is 41.4 Å². The zero-order valence-corrected chi connectivity index (χ0v) is 20.0. The molecule has 7 heteroatoms. The van der Waals surface area contributed by atoms with Crippen molar-refractivity contribution in [3.05, 3.63) is 93.5 Å². The van der Waals surface area contributed by atoms with Crippen molar-refractivity contribution in [2.45, 2.75) is 19.9 Å². The Kier molecular flexibility index (Phi) is 6.35. The normalized spacial score (nSPS) is 17.2. The summed E-state index contributed by atoms with van der Waals surface area (Å²) in [4.78, 5) is 28.2. The van der Waals surface area contributed by atoms with Gasteiger partial charge in [0.15, 0.2) is 0 Å². The molecule has 1 fully saturated rings. The molecular weight excluding hydrogens is 454 g/mol. The number of Topliss-reactive ketones (excluding diaryl/α,β-unsaturated/α-hetero) is 1. The summed E-state index contributed by atoms with van der Waals surface area (Å²) in [6.07, 6.45) is 0. The Hall–Kier alpha value is -3.77. The minimum atomic E-state index is -0.889. The van der Waals surface area contributed by atoms with E-state index in [2.05, 4.69) is 0 Å². The van der Waals surface area contributed by atoms with Crippen LogP contribution >= 0.6 is 11.6 Å². The Morgan fingerprint density at radius 2 is 1.74 bits per heavy atom. The molecule has 4 rings (SSSR count). The van der Waals surface area contributed by atoms with E-state index in [-0.39, 0.29) is 16.9 Å². The van der Waals surface area contributed by atoms with Crippen LogP contribution in [0.25, 0.3) is 5.76 Å². The maximum Gasteiger partial charge on any atom is 0.300 e. The van der Waals surface area contributed by atoms with Crippen LogP contribution in [0.4, 0.5) is 5.69 Å². The van der Waals surface area contributed by atoms with E-state index in [1.165, 1.54) is 25.2 Å². The highest BCUT2D eigenvalue weighted by Crippen LogP contribution is 2.45. The molecule has 0 bridgehead atoms. The van der Waals surface area contributed by atoms with Crippen LogP contribution in [0.2, 0.25) is 5.02 Å². The molecule has 0 spiro atoms. The van der Waals surface area contributed by atoms with Crippen molar-refractivity contribution in [1.29, 1.82) is 0 Å². The molecule has 1 N–H and O–H groups in total. The third-order valence-electron chi connectivity index (χ3n) is 5.88. The van der Waals surface area contributed by atoms with Crippen molar-refractivity contribution in [2.75, 3.05) is 19.1 Å². The number of ether oxygens (including phenoxy) is 2. The van der Waals surface area contributed by atoms with E-state index in [0.717, 1.165) is 11.1 Å². The number of amides is 1. The molecule has 1 aliphatic heterocycles. The van der Waals surface area contributed by atoms with Gasteiger partial charge in [-0.2, -0.15) is 0 Å². The van der Waals surface area contributed by atoms with Gasteiger partial charge in [0, 0.05) is 10.7 Å². The Balaban J connectivity index is 2.02. The van der Waals surface area contributed by atoms with E-state index < -0.39 is 17.7 Å². The van der Waals surface area contributed by atoms with Crippen molar-refractivity contribution in [3.8, 4) is 11.5 Å². The lowest BCUT2D eigenvalue weighted by molar-refractivity contribution is -0.132. The number of aryl methyl sites for hydroxylation is 2. The van der Waals surface area contributed by atoms with Crippen molar-refractivity contribution < 1.29 is 24.2 Å². The maximum absolute atomic E-state index is 13.4. The fourth-order valence-electron chi connectivity index (χ4n) is 4.29. The van der Waals surface area contributed by atoms with E-state index in [4.69, 9.17) is 21.1 Å². The minimum absolute atomic E-state index is 0.0567. The summed E-state index contributed by atoms with van der Waals surface area (Å²) in [7, 11) is 2.99. The number of carbonyl (C=O) groups is 2. The van der Waals surface area contributed by atoms with Crippen molar-refractivity contribution in [1.82, 2.24) is 0 Å². The Bertz CT molecular complexity index is 1330. The number of nitrogens with zero attached hydrogens (tertiary/aromatic N) is 1. The molecule has 1 atom stereocenters. The molecule has 0 aliphatic carbocycles. The monoisotopic (exact) mass is 477 g/mol. The quantitative estimate of drug-likeness (QED) is 0.294. The lowest BCUT2D eigenvalue weighted by Gasteiger charge is -2.27. The molecule has 1 heterocycles. The van der Waals surface area contributed by atoms with Crippen LogP contribution in [-0.2, 0) is 9.59 Å². The van der Waals surface area contributed by atoms with Crippen LogP contribution in [0.3, 0.4) is 0 Å². The SMILES string of the molecule is COc1cccc(C2/C(=C(\O)c3cc(Cl)ccc3OC)C(=O)C(=O)N2c2ccc(C)cc2C)c1. The summed E-state index contributed by atoms with van der Waals surface area (Å²) < 4.78 is 10.8. The summed E-state index contributed by atoms with van der Waals surface area (Å²) >= 11 is 6.17. The molecular formula is C27H24ClNO5. The number of carbonyl (C=O) groups excluding carboxylic acids is 2. The number of aliphatic hydroxyl groups excluding tert-OH is 1. The van der Waals surface area contributed by atoms with E-state index in [1.54, 1.807) is 36.4 Å². The molecule has 0 saturated carbocycles. The summed E-state index contributed by atoms with van der Waals surface area (Å²) in [5.41, 5.74) is 3.22. The third-order valence-corrected chi connectivity index (χ3v) is 6.12. The summed E-state index contributed by atoms with van der Waals surface area (Å²) in [5, 5.41) is 11.7. The minimum Gasteiger partial charge on any atom is -0.507 e. The van der Waals surface area contributed by atoms with Crippen molar-refractivity contribution in [3.63, 3.8) is 0 Å². The molecule has 6 nitrogen and oxygen atoms in total. The fraction of sp³-hybridized carbons (Fsp3) is 0.185. The van der Waals surface area contributed by atoms with Gasteiger partial charge in [-0.3, -0.25) is 14.5 Å². The molecule has 1 saturated heterocycles. The first kappa shape index (κ1) is 23.4. The van der Waals surface area contributed by atoms with Gasteiger partial charge in [0.25, 0.3) is 11.7 Å². The van der Waals surface area contributed by atoms with Crippen LogP contribution in [0, 0.1) is 13.8 Å². The van der Waals surface area contributed by atoms with Crippen molar-refractivity contribution in [2.24, 2.45) is 0 Å². The number of benzene rings is 3. The number of hydrogen-bond donors (Lipinski definition) is 1. The molecule has 174 valence electrons. The van der Waals surface area contributed by atoms with Crippen LogP contribution in [0.5, 0.6) is 11.5 Å². The second-order valence-electron chi connectivity index (χ2n) is 8.08. The van der Waals surface area contributed by atoms with E-state index in [1.807, 2.05) is 32.0 Å². The van der Waals surface area contributed by atoms with Gasteiger partial charge in [-0.15, -0.1) is 0 Å². The molecule has 1 amide bonds. The number of anilines is 1. The zero-order chi connectivity index (χ0) is 24.6. The number of halogens is 1. The predicted octanol–water partition coefficient (Wildman–Crippen LogP) is 5.60. The van der Waals surface area contributed by atoms with Gasteiger partial charge < -0.3 is 14.6 Å². The van der Waals surface area contributed by atoms with Gasteiger partial charge >= 0.3 is 0 Å². The molecule has 3 aromatic carbocycles. The Morgan fingerprint density at radius 1 is 0.971 bits per heavy atom. The largest absolute Gasteiger partial charge is 0.507 e. The molecule has 0 aromatic heterocycles. The lowest BCUT2D eigenvalue weighted by Crippen LogP contribution is -2.30. The van der Waals surface area contributed by atoms with Crippen LogP contribution in [-0.4, -0.2) is 31.0 Å². The molecule has 1 unspecified atom stereocenters. The third kappa shape index (κ3) is 4.01. The molecule has 0 radical (unpaired) electrons. The average Bonchev–Trinajstić information content (AvgIpc) is 3.09. The van der Waals surface area contributed by atoms with Gasteiger partial charge in [0.05, 0.1) is 31.4 Å². The van der Waals surface area contributed by atoms with Gasteiger partial charge in [0.1, 0.15) is 17.3 Å². The number of ketones is 1. The average molecular weight is 478 g/mol. The zero-order valence-electron chi connectivity index (χ0n) is 19.3. The van der Waals surface area contributed by atoms with Crippen molar-refractivity contribution >= 4 is 34.7 Å². The lowest BCUT2D eigenvalue weighted by atomic mass is 9.94. The molecule has 1 aliphatic rings. The van der Waals surface area contributed by atoms with Gasteiger partial charge in [-0.05, 0) is 61.4 Å². The standard InChI is InChI=1S/C27H24ClNO5/c1-15-8-10-21(16(2)12-15)29-24(17-6-5-7-19(13-17)33-3)23(26(31)27(29)32)25(30)20-14-18(28)9-11-22(20)34-4/h5-14,24,30H,1-4H3/b25-23+. The highest BCUT2D eigenvalue weighted by Gasteiger charge is 2.47. The van der Waals surface area contributed by atoms with Crippen LogP contribution < -0.4 is 14.4 Å². The number of aliphatic hydroxyl groups is 1. The van der Waals surface area contributed by atoms with Crippen LogP contribution in [0.15, 0.2) is 66.2 Å². The second kappa shape index (κ2) is 9.23. The van der Waals surface area contributed by atoms with E-state index >= 15 is 0 Å². The molecule has 34 heavy (non-hydrogen) atoms. The van der Waals surface area contributed by atoms with E-state index in [9.17, 15) is 14.7 Å². The summed E-state index contributed by atoms with van der Waals surface area (Å²) in [6.45, 7) is 3.83.